The van der Waals surface area contributed by atoms with Gasteiger partial charge in [-0.15, -0.1) is 0 Å². The van der Waals surface area contributed by atoms with E-state index in [0.717, 1.165) is 41.7 Å². The van der Waals surface area contributed by atoms with E-state index in [1.54, 1.807) is 4.90 Å². The Labute approximate surface area is 195 Å². The van der Waals surface area contributed by atoms with Crippen LogP contribution in [0.2, 0.25) is 0 Å². The van der Waals surface area contributed by atoms with Gasteiger partial charge in [0.2, 0.25) is 5.76 Å². The second-order valence-corrected chi connectivity index (χ2v) is 9.49. The van der Waals surface area contributed by atoms with Gasteiger partial charge in [-0.25, -0.2) is 0 Å². The standard InChI is InChI=1S/C28H33NO4/c1-6-7-12-29-25(20-9-8-10-21(16-20)32-13-11-17(2)3)24-26(30)23-19(5)14-18(4)15-22(23)33-27(24)28(29)31/h8-10,14-17,25H,6-7,11-13H2,1-5H3. The van der Waals surface area contributed by atoms with Crippen LogP contribution < -0.4 is 10.2 Å². The number of unbranched alkanes of at least 4 members (excludes halogenated alkanes) is 1. The van der Waals surface area contributed by atoms with Crippen molar-refractivity contribution >= 4 is 16.9 Å². The average Bonchev–Trinajstić information content (AvgIpc) is 3.03. The molecule has 1 aliphatic rings. The first-order valence-electron chi connectivity index (χ1n) is 11.9. The van der Waals surface area contributed by atoms with Crippen LogP contribution in [0, 0.1) is 19.8 Å². The summed E-state index contributed by atoms with van der Waals surface area (Å²) in [5.74, 6) is 1.26. The summed E-state index contributed by atoms with van der Waals surface area (Å²) in [6.07, 6.45) is 2.77. The number of carbonyl (C=O) groups excluding carboxylic acids is 1. The molecule has 1 amide bonds. The van der Waals surface area contributed by atoms with Gasteiger partial charge in [-0.1, -0.05) is 45.4 Å². The highest BCUT2D eigenvalue weighted by Crippen LogP contribution is 2.39. The maximum atomic E-state index is 13.8. The SMILES string of the molecule is CCCCN1C(=O)c2oc3cc(C)cc(C)c3c(=O)c2C1c1cccc(OCCC(C)C)c1. The Morgan fingerprint density at radius 1 is 1.12 bits per heavy atom. The van der Waals surface area contributed by atoms with Crippen LogP contribution in [0.5, 0.6) is 5.75 Å². The topological polar surface area (TPSA) is 59.8 Å². The quantitative estimate of drug-likeness (QED) is 0.414. The molecule has 5 heteroatoms. The van der Waals surface area contributed by atoms with Crippen molar-refractivity contribution in [3.05, 3.63) is 74.6 Å². The predicted octanol–water partition coefficient (Wildman–Crippen LogP) is 6.18. The monoisotopic (exact) mass is 447 g/mol. The van der Waals surface area contributed by atoms with Gasteiger partial charge in [-0.2, -0.15) is 0 Å². The zero-order valence-corrected chi connectivity index (χ0v) is 20.2. The summed E-state index contributed by atoms with van der Waals surface area (Å²) >= 11 is 0. The van der Waals surface area contributed by atoms with Gasteiger partial charge in [-0.05, 0) is 67.5 Å². The second-order valence-electron chi connectivity index (χ2n) is 9.49. The molecule has 1 unspecified atom stereocenters. The van der Waals surface area contributed by atoms with Gasteiger partial charge in [0.15, 0.2) is 5.43 Å². The van der Waals surface area contributed by atoms with Gasteiger partial charge in [-0.3, -0.25) is 9.59 Å². The number of ether oxygens (including phenoxy) is 1. The van der Waals surface area contributed by atoms with E-state index < -0.39 is 6.04 Å². The Balaban J connectivity index is 1.84. The summed E-state index contributed by atoms with van der Waals surface area (Å²) in [4.78, 5) is 29.0. The molecule has 4 rings (SSSR count). The van der Waals surface area contributed by atoms with Crippen LogP contribution >= 0.6 is 0 Å². The van der Waals surface area contributed by atoms with Crippen molar-refractivity contribution in [1.82, 2.24) is 4.90 Å². The van der Waals surface area contributed by atoms with E-state index in [-0.39, 0.29) is 17.1 Å². The van der Waals surface area contributed by atoms with Gasteiger partial charge in [0, 0.05) is 6.54 Å². The summed E-state index contributed by atoms with van der Waals surface area (Å²) in [6.45, 7) is 11.5. The molecule has 174 valence electrons. The fourth-order valence-electron chi connectivity index (χ4n) is 4.61. The zero-order valence-electron chi connectivity index (χ0n) is 20.2. The van der Waals surface area contributed by atoms with E-state index in [1.807, 2.05) is 50.2 Å². The number of nitrogens with zero attached hydrogens (tertiary/aromatic N) is 1. The van der Waals surface area contributed by atoms with E-state index in [4.69, 9.17) is 9.15 Å². The lowest BCUT2D eigenvalue weighted by molar-refractivity contribution is 0.0725. The van der Waals surface area contributed by atoms with Gasteiger partial charge in [0.1, 0.15) is 11.3 Å². The predicted molar refractivity (Wildman–Crippen MR) is 131 cm³/mol. The number of hydrogen-bond acceptors (Lipinski definition) is 4. The van der Waals surface area contributed by atoms with Gasteiger partial charge in [0.05, 0.1) is 23.6 Å². The minimum atomic E-state index is -0.478. The van der Waals surface area contributed by atoms with E-state index in [0.29, 0.717) is 35.6 Å². The first-order valence-corrected chi connectivity index (χ1v) is 11.9. The van der Waals surface area contributed by atoms with Crippen LogP contribution in [0.4, 0.5) is 0 Å². The summed E-state index contributed by atoms with van der Waals surface area (Å²) in [5.41, 5.74) is 3.54. The zero-order chi connectivity index (χ0) is 23.7. The minimum absolute atomic E-state index is 0.118. The molecule has 0 bridgehead atoms. The summed E-state index contributed by atoms with van der Waals surface area (Å²) in [7, 11) is 0. The third-order valence-corrected chi connectivity index (χ3v) is 6.30. The molecule has 3 aromatic rings. The van der Waals surface area contributed by atoms with Crippen molar-refractivity contribution in [3.63, 3.8) is 0 Å². The number of rotatable bonds is 8. The van der Waals surface area contributed by atoms with Crippen molar-refractivity contribution in [2.24, 2.45) is 5.92 Å². The molecule has 0 saturated carbocycles. The molecule has 33 heavy (non-hydrogen) atoms. The molecule has 0 saturated heterocycles. The molecular formula is C28H33NO4. The molecule has 0 radical (unpaired) electrons. The summed E-state index contributed by atoms with van der Waals surface area (Å²) in [6, 6.07) is 11.1. The van der Waals surface area contributed by atoms with Gasteiger partial charge < -0.3 is 14.1 Å². The molecule has 5 nitrogen and oxygen atoms in total. The minimum Gasteiger partial charge on any atom is -0.494 e. The fraction of sp³-hybridized carbons (Fsp3) is 0.429. The lowest BCUT2D eigenvalue weighted by atomic mass is 9.96. The number of aryl methyl sites for hydroxylation is 2. The lowest BCUT2D eigenvalue weighted by Crippen LogP contribution is -2.30. The van der Waals surface area contributed by atoms with Crippen LogP contribution in [0.3, 0.4) is 0 Å². The summed E-state index contributed by atoms with van der Waals surface area (Å²) in [5, 5.41) is 0.554. The number of carbonyl (C=O) groups is 1. The van der Waals surface area contributed by atoms with E-state index in [1.165, 1.54) is 0 Å². The third kappa shape index (κ3) is 4.41. The number of hydrogen-bond donors (Lipinski definition) is 0. The van der Waals surface area contributed by atoms with Crippen LogP contribution in [0.15, 0.2) is 45.6 Å². The molecule has 0 N–H and O–H groups in total. The Bertz CT molecular complexity index is 1240. The highest BCUT2D eigenvalue weighted by molar-refractivity contribution is 5.99. The molecular weight excluding hydrogens is 414 g/mol. The molecule has 1 aromatic heterocycles. The Morgan fingerprint density at radius 2 is 1.91 bits per heavy atom. The maximum absolute atomic E-state index is 13.8. The first-order chi connectivity index (χ1) is 15.8. The van der Waals surface area contributed by atoms with Gasteiger partial charge >= 0.3 is 0 Å². The number of benzene rings is 2. The van der Waals surface area contributed by atoms with Crippen LogP contribution in [-0.2, 0) is 0 Å². The summed E-state index contributed by atoms with van der Waals surface area (Å²) < 4.78 is 12.1. The van der Waals surface area contributed by atoms with Crippen molar-refractivity contribution < 1.29 is 13.9 Å². The second kappa shape index (κ2) is 9.42. The molecule has 0 aliphatic carbocycles. The highest BCUT2D eigenvalue weighted by Gasteiger charge is 2.42. The van der Waals surface area contributed by atoms with E-state index >= 15 is 0 Å². The molecule has 0 spiro atoms. The van der Waals surface area contributed by atoms with Crippen LogP contribution in [0.1, 0.15) is 78.9 Å². The van der Waals surface area contributed by atoms with Crippen molar-refractivity contribution in [1.29, 1.82) is 0 Å². The Morgan fingerprint density at radius 3 is 2.64 bits per heavy atom. The van der Waals surface area contributed by atoms with Crippen molar-refractivity contribution in [3.8, 4) is 5.75 Å². The normalized spacial score (nSPS) is 15.5. The third-order valence-electron chi connectivity index (χ3n) is 6.30. The molecule has 0 fully saturated rings. The number of amides is 1. The number of fused-ring (bicyclic) bond motifs is 2. The average molecular weight is 448 g/mol. The molecule has 1 aliphatic heterocycles. The Kier molecular flexibility index (Phi) is 6.59. The lowest BCUT2D eigenvalue weighted by Gasteiger charge is -2.25. The van der Waals surface area contributed by atoms with Crippen molar-refractivity contribution in [2.75, 3.05) is 13.2 Å². The fourth-order valence-corrected chi connectivity index (χ4v) is 4.61. The van der Waals surface area contributed by atoms with Crippen LogP contribution in [0.25, 0.3) is 11.0 Å². The van der Waals surface area contributed by atoms with Gasteiger partial charge in [0.25, 0.3) is 5.91 Å². The maximum Gasteiger partial charge on any atom is 0.290 e. The van der Waals surface area contributed by atoms with Crippen molar-refractivity contribution in [2.45, 2.75) is 59.9 Å². The highest BCUT2D eigenvalue weighted by atomic mass is 16.5. The molecule has 1 atom stereocenters. The smallest absolute Gasteiger partial charge is 0.290 e. The molecule has 2 aromatic carbocycles. The Hall–Kier alpha value is -3.08. The first kappa shape index (κ1) is 23.1. The van der Waals surface area contributed by atoms with Crippen LogP contribution in [-0.4, -0.2) is 24.0 Å². The van der Waals surface area contributed by atoms with E-state index in [2.05, 4.69) is 20.8 Å². The largest absolute Gasteiger partial charge is 0.494 e. The molecule has 2 heterocycles. The van der Waals surface area contributed by atoms with E-state index in [9.17, 15) is 9.59 Å².